The maximum absolute atomic E-state index is 11.8. The Morgan fingerprint density at radius 1 is 0.583 bits per heavy atom. The summed E-state index contributed by atoms with van der Waals surface area (Å²) >= 11 is 0. The molecule has 0 aliphatic heterocycles. The van der Waals surface area contributed by atoms with Gasteiger partial charge in [0.2, 0.25) is 0 Å². The van der Waals surface area contributed by atoms with E-state index >= 15 is 0 Å². The lowest BCUT2D eigenvalue weighted by Crippen LogP contribution is -2.26. The molecule has 24 heavy (non-hydrogen) atoms. The summed E-state index contributed by atoms with van der Waals surface area (Å²) in [7, 11) is -9.14. The van der Waals surface area contributed by atoms with Gasteiger partial charge in [-0.15, -0.1) is 0 Å². The molecule has 0 aromatic heterocycles. The molecule has 0 spiro atoms. The van der Waals surface area contributed by atoms with Gasteiger partial charge in [0.1, 0.15) is 9.79 Å². The van der Waals surface area contributed by atoms with Crippen LogP contribution in [0.15, 0.2) is 70.5 Å². The van der Waals surface area contributed by atoms with Crippen molar-refractivity contribution in [3.8, 4) is 0 Å². The van der Waals surface area contributed by atoms with E-state index in [0.29, 0.717) is 0 Å². The highest BCUT2D eigenvalue weighted by Gasteiger charge is 2.31. The first kappa shape index (κ1) is 17.6. The van der Waals surface area contributed by atoms with Crippen molar-refractivity contribution in [2.45, 2.75) is 9.79 Å². The third-order valence-electron chi connectivity index (χ3n) is 2.60. The van der Waals surface area contributed by atoms with Gasteiger partial charge in [0.15, 0.2) is 0 Å². The molecule has 0 unspecified atom stereocenters. The Balaban J connectivity index is 2.12. The number of carbonyl (C=O) groups excluding carboxylic acids is 2. The normalized spacial score (nSPS) is 11.5. The average Bonchev–Trinajstić information content (AvgIpc) is 2.55. The van der Waals surface area contributed by atoms with Crippen LogP contribution in [0.1, 0.15) is 0 Å². The molecule has 0 amide bonds. The molecule has 0 N–H and O–H groups in total. The van der Waals surface area contributed by atoms with Crippen molar-refractivity contribution in [3.63, 3.8) is 0 Å². The van der Waals surface area contributed by atoms with Gasteiger partial charge in [-0.2, -0.15) is 16.8 Å². The van der Waals surface area contributed by atoms with Gasteiger partial charge in [0.25, 0.3) is 0 Å². The van der Waals surface area contributed by atoms with Crippen LogP contribution in [-0.2, 0) is 38.2 Å². The minimum absolute atomic E-state index is 0.378. The van der Waals surface area contributed by atoms with E-state index < -0.39 is 32.2 Å². The molecule has 0 aliphatic rings. The summed E-state index contributed by atoms with van der Waals surface area (Å²) in [5.41, 5.74) is 0. The fourth-order valence-electron chi connectivity index (χ4n) is 1.54. The molecule has 2 aromatic carbocycles. The Morgan fingerprint density at radius 2 is 0.875 bits per heavy atom. The number of hydrogen-bond acceptors (Lipinski definition) is 8. The molecule has 2 rings (SSSR count). The number of benzene rings is 2. The summed E-state index contributed by atoms with van der Waals surface area (Å²) in [5, 5.41) is 0. The van der Waals surface area contributed by atoms with Gasteiger partial charge in [-0.1, -0.05) is 36.4 Å². The highest BCUT2D eigenvalue weighted by molar-refractivity contribution is 7.87. The summed E-state index contributed by atoms with van der Waals surface area (Å²) < 4.78 is 55.3. The zero-order valence-electron chi connectivity index (χ0n) is 11.9. The lowest BCUT2D eigenvalue weighted by molar-refractivity contribution is -0.155. The summed E-state index contributed by atoms with van der Waals surface area (Å²) in [6.45, 7) is 0. The van der Waals surface area contributed by atoms with E-state index in [1.807, 2.05) is 0 Å². The molecule has 0 aliphatic carbocycles. The van der Waals surface area contributed by atoms with Crippen LogP contribution in [0.3, 0.4) is 0 Å². The van der Waals surface area contributed by atoms with Gasteiger partial charge in [0, 0.05) is 0 Å². The SMILES string of the molecule is O=C(OS(=O)(=O)c1ccccc1)C(=O)OS(=O)(=O)c1ccccc1. The third kappa shape index (κ3) is 4.18. The fourth-order valence-corrected chi connectivity index (χ4v) is 3.25. The van der Waals surface area contributed by atoms with E-state index in [4.69, 9.17) is 0 Å². The monoisotopic (exact) mass is 370 g/mol. The summed E-state index contributed by atoms with van der Waals surface area (Å²) in [5.74, 6) is -3.95. The van der Waals surface area contributed by atoms with Gasteiger partial charge in [-0.25, -0.2) is 9.59 Å². The largest absolute Gasteiger partial charge is 0.434 e. The van der Waals surface area contributed by atoms with Crippen molar-refractivity contribution >= 4 is 32.2 Å². The Hall–Kier alpha value is -2.72. The van der Waals surface area contributed by atoms with Crippen LogP contribution in [0.2, 0.25) is 0 Å². The highest BCUT2D eigenvalue weighted by atomic mass is 32.2. The van der Waals surface area contributed by atoms with E-state index in [2.05, 4.69) is 8.37 Å². The molecule has 0 bridgehead atoms. The smallest absolute Gasteiger partial charge is 0.333 e. The molecular weight excluding hydrogens is 360 g/mol. The molecule has 2 aromatic rings. The minimum atomic E-state index is -4.57. The standard InChI is InChI=1S/C14H10O8S2/c15-13(21-23(17,18)11-7-3-1-4-8-11)14(16)22-24(19,20)12-9-5-2-6-10-12/h1-10H. The lowest BCUT2D eigenvalue weighted by Gasteiger charge is -2.06. The van der Waals surface area contributed by atoms with E-state index in [0.717, 1.165) is 24.3 Å². The zero-order valence-corrected chi connectivity index (χ0v) is 13.5. The molecule has 0 atom stereocenters. The van der Waals surface area contributed by atoms with Crippen LogP contribution < -0.4 is 0 Å². The molecule has 8 nitrogen and oxygen atoms in total. The molecular formula is C14H10O8S2. The summed E-state index contributed by atoms with van der Waals surface area (Å²) in [6, 6.07) is 13.1. The topological polar surface area (TPSA) is 121 Å². The van der Waals surface area contributed by atoms with Crippen molar-refractivity contribution in [2.75, 3.05) is 0 Å². The molecule has 10 heteroatoms. The predicted octanol–water partition coefficient (Wildman–Crippen LogP) is 0.851. The van der Waals surface area contributed by atoms with Crippen LogP contribution in [0.5, 0.6) is 0 Å². The molecule has 0 heterocycles. The van der Waals surface area contributed by atoms with E-state index in [1.165, 1.54) is 36.4 Å². The molecule has 0 saturated carbocycles. The van der Waals surface area contributed by atoms with Crippen molar-refractivity contribution in [1.29, 1.82) is 0 Å². The second kappa shape index (κ2) is 6.81. The number of rotatable bonds is 4. The average molecular weight is 370 g/mol. The zero-order chi connectivity index (χ0) is 17.8. The van der Waals surface area contributed by atoms with Gasteiger partial charge in [0.05, 0.1) is 0 Å². The van der Waals surface area contributed by atoms with Crippen molar-refractivity contribution < 1.29 is 34.8 Å². The summed E-state index contributed by atoms with van der Waals surface area (Å²) in [4.78, 5) is 22.2. The maximum atomic E-state index is 11.8. The molecule has 0 saturated heterocycles. The Bertz CT molecular complexity index is 867. The highest BCUT2D eigenvalue weighted by Crippen LogP contribution is 2.14. The van der Waals surface area contributed by atoms with Gasteiger partial charge in [-0.3, -0.25) is 0 Å². The van der Waals surface area contributed by atoms with E-state index in [-0.39, 0.29) is 9.79 Å². The second-order valence-electron chi connectivity index (χ2n) is 4.28. The minimum Gasteiger partial charge on any atom is -0.333 e. The Labute approximate surface area is 137 Å². The molecule has 0 fully saturated rings. The molecule has 0 radical (unpaired) electrons. The quantitative estimate of drug-likeness (QED) is 0.574. The number of hydrogen-bond donors (Lipinski definition) is 0. The number of carbonyl (C=O) groups is 2. The first-order chi connectivity index (χ1) is 11.2. The van der Waals surface area contributed by atoms with Gasteiger partial charge in [-0.05, 0) is 24.3 Å². The van der Waals surface area contributed by atoms with Gasteiger partial charge < -0.3 is 8.37 Å². The molecule has 126 valence electrons. The first-order valence-corrected chi connectivity index (χ1v) is 9.11. The van der Waals surface area contributed by atoms with E-state index in [9.17, 15) is 26.4 Å². The maximum Gasteiger partial charge on any atom is 0.434 e. The van der Waals surface area contributed by atoms with Crippen LogP contribution >= 0.6 is 0 Å². The van der Waals surface area contributed by atoms with Crippen LogP contribution in [0.25, 0.3) is 0 Å². The lowest BCUT2D eigenvalue weighted by atomic mass is 10.4. The second-order valence-corrected chi connectivity index (χ2v) is 7.37. The Kier molecular flexibility index (Phi) is 5.00. The van der Waals surface area contributed by atoms with Crippen LogP contribution in [0.4, 0.5) is 0 Å². The first-order valence-electron chi connectivity index (χ1n) is 6.30. The predicted molar refractivity (Wildman–Crippen MR) is 79.4 cm³/mol. The van der Waals surface area contributed by atoms with Crippen LogP contribution in [0, 0.1) is 0 Å². The van der Waals surface area contributed by atoms with Crippen molar-refractivity contribution in [2.24, 2.45) is 0 Å². The van der Waals surface area contributed by atoms with E-state index in [1.54, 1.807) is 0 Å². The van der Waals surface area contributed by atoms with Crippen molar-refractivity contribution in [1.82, 2.24) is 0 Å². The third-order valence-corrected chi connectivity index (χ3v) is 5.04. The van der Waals surface area contributed by atoms with Crippen LogP contribution in [-0.4, -0.2) is 28.8 Å². The van der Waals surface area contributed by atoms with Gasteiger partial charge >= 0.3 is 32.2 Å². The Morgan fingerprint density at radius 3 is 1.17 bits per heavy atom. The fraction of sp³-hybridized carbons (Fsp3) is 0. The summed E-state index contributed by atoms with van der Waals surface area (Å²) in [6.07, 6.45) is 0. The van der Waals surface area contributed by atoms with Crippen molar-refractivity contribution in [3.05, 3.63) is 60.7 Å².